The number of nitrogens with zero attached hydrogens (tertiary/aromatic N) is 4. The lowest BCUT2D eigenvalue weighted by atomic mass is 10.1. The number of anilines is 1. The SMILES string of the molecule is CCCCN(CC)c1c(CC)cnc2c1c(=O)n(C)c(=O)n2C. The van der Waals surface area contributed by atoms with Crippen molar-refractivity contribution >= 4 is 16.7 Å². The average molecular weight is 318 g/mol. The molecule has 0 saturated heterocycles. The molecule has 0 aliphatic carbocycles. The van der Waals surface area contributed by atoms with Crippen molar-refractivity contribution in [1.29, 1.82) is 0 Å². The van der Waals surface area contributed by atoms with Gasteiger partial charge in [-0.15, -0.1) is 0 Å². The van der Waals surface area contributed by atoms with Crippen LogP contribution in [0.25, 0.3) is 11.0 Å². The third-order valence-corrected chi connectivity index (χ3v) is 4.38. The molecule has 2 aromatic heterocycles. The van der Waals surface area contributed by atoms with Gasteiger partial charge in [0.25, 0.3) is 5.56 Å². The molecule has 126 valence electrons. The number of hydrogen-bond donors (Lipinski definition) is 0. The maximum absolute atomic E-state index is 12.8. The number of aromatic nitrogens is 3. The Balaban J connectivity index is 2.89. The number of hydrogen-bond acceptors (Lipinski definition) is 4. The van der Waals surface area contributed by atoms with Crippen molar-refractivity contribution in [3.05, 3.63) is 32.6 Å². The van der Waals surface area contributed by atoms with Gasteiger partial charge in [-0.05, 0) is 25.3 Å². The van der Waals surface area contributed by atoms with Gasteiger partial charge in [-0.25, -0.2) is 9.78 Å². The molecule has 0 atom stereocenters. The molecule has 23 heavy (non-hydrogen) atoms. The van der Waals surface area contributed by atoms with Crippen molar-refractivity contribution in [2.45, 2.75) is 40.0 Å². The summed E-state index contributed by atoms with van der Waals surface area (Å²) < 4.78 is 2.62. The van der Waals surface area contributed by atoms with Crippen molar-refractivity contribution in [1.82, 2.24) is 14.1 Å². The average Bonchev–Trinajstić information content (AvgIpc) is 2.58. The normalized spacial score (nSPS) is 11.2. The van der Waals surface area contributed by atoms with Crippen LogP contribution in [-0.4, -0.2) is 27.2 Å². The van der Waals surface area contributed by atoms with Crippen molar-refractivity contribution in [2.24, 2.45) is 14.1 Å². The molecule has 0 aromatic carbocycles. The van der Waals surface area contributed by atoms with Crippen LogP contribution in [0.3, 0.4) is 0 Å². The van der Waals surface area contributed by atoms with Gasteiger partial charge in [0.15, 0.2) is 5.65 Å². The summed E-state index contributed by atoms with van der Waals surface area (Å²) in [7, 11) is 3.18. The monoisotopic (exact) mass is 318 g/mol. The number of unbranched alkanes of at least 4 members (excludes halogenated alkanes) is 1. The highest BCUT2D eigenvalue weighted by atomic mass is 16.2. The van der Waals surface area contributed by atoms with E-state index in [1.54, 1.807) is 13.2 Å². The Bertz CT molecular complexity index is 820. The zero-order valence-electron chi connectivity index (χ0n) is 14.7. The molecule has 0 bridgehead atoms. The van der Waals surface area contributed by atoms with E-state index >= 15 is 0 Å². The van der Waals surface area contributed by atoms with Crippen LogP contribution < -0.4 is 16.1 Å². The summed E-state index contributed by atoms with van der Waals surface area (Å²) in [6, 6.07) is 0. The summed E-state index contributed by atoms with van der Waals surface area (Å²) in [4.78, 5) is 31.5. The summed E-state index contributed by atoms with van der Waals surface area (Å²) in [6.45, 7) is 8.02. The van der Waals surface area contributed by atoms with Crippen molar-refractivity contribution in [2.75, 3.05) is 18.0 Å². The molecule has 0 aliphatic heterocycles. The standard InChI is InChI=1S/C17H26N4O2/c1-6-9-10-21(8-3)14-12(7-2)11-18-15-13(14)16(22)20(5)17(23)19(15)4/h11H,6-10H2,1-5H3. The second-order valence-electron chi connectivity index (χ2n) is 5.82. The van der Waals surface area contributed by atoms with Gasteiger partial charge >= 0.3 is 5.69 Å². The molecular weight excluding hydrogens is 292 g/mol. The maximum atomic E-state index is 12.8. The zero-order chi connectivity index (χ0) is 17.1. The highest BCUT2D eigenvalue weighted by Crippen LogP contribution is 2.27. The minimum Gasteiger partial charge on any atom is -0.371 e. The molecule has 0 aliphatic rings. The number of rotatable bonds is 6. The molecule has 0 unspecified atom stereocenters. The lowest BCUT2D eigenvalue weighted by Crippen LogP contribution is -2.38. The molecule has 0 saturated carbocycles. The highest BCUT2D eigenvalue weighted by Gasteiger charge is 2.20. The third kappa shape index (κ3) is 2.90. The molecule has 0 spiro atoms. The first-order valence-corrected chi connectivity index (χ1v) is 8.30. The predicted molar refractivity (Wildman–Crippen MR) is 94.4 cm³/mol. The molecule has 0 radical (unpaired) electrons. The fraction of sp³-hybridized carbons (Fsp3) is 0.588. The van der Waals surface area contributed by atoms with E-state index < -0.39 is 0 Å². The Morgan fingerprint density at radius 1 is 1.13 bits per heavy atom. The van der Waals surface area contributed by atoms with Crippen LogP contribution in [0, 0.1) is 0 Å². The van der Waals surface area contributed by atoms with E-state index in [-0.39, 0.29) is 11.2 Å². The van der Waals surface area contributed by atoms with Gasteiger partial charge in [0.1, 0.15) is 5.39 Å². The Morgan fingerprint density at radius 2 is 1.83 bits per heavy atom. The van der Waals surface area contributed by atoms with Gasteiger partial charge in [0, 0.05) is 33.4 Å². The van der Waals surface area contributed by atoms with E-state index in [9.17, 15) is 9.59 Å². The lowest BCUT2D eigenvalue weighted by molar-refractivity contribution is 0.701. The Morgan fingerprint density at radius 3 is 2.39 bits per heavy atom. The summed E-state index contributed by atoms with van der Waals surface area (Å²) in [5.41, 5.74) is 1.83. The quantitative estimate of drug-likeness (QED) is 0.815. The van der Waals surface area contributed by atoms with Crippen LogP contribution in [0.2, 0.25) is 0 Å². The first-order valence-electron chi connectivity index (χ1n) is 8.30. The Hall–Kier alpha value is -2.11. The number of fused-ring (bicyclic) bond motifs is 1. The van der Waals surface area contributed by atoms with Gasteiger partial charge in [-0.2, -0.15) is 0 Å². The van der Waals surface area contributed by atoms with Crippen molar-refractivity contribution < 1.29 is 0 Å². The van der Waals surface area contributed by atoms with E-state index in [2.05, 4.69) is 30.7 Å². The molecule has 6 heteroatoms. The second-order valence-corrected chi connectivity index (χ2v) is 5.82. The third-order valence-electron chi connectivity index (χ3n) is 4.38. The first-order chi connectivity index (χ1) is 11.0. The van der Waals surface area contributed by atoms with Crippen LogP contribution in [0.4, 0.5) is 5.69 Å². The molecule has 0 amide bonds. The van der Waals surface area contributed by atoms with Crippen molar-refractivity contribution in [3.8, 4) is 0 Å². The smallest absolute Gasteiger partial charge is 0.332 e. The second kappa shape index (κ2) is 6.98. The summed E-state index contributed by atoms with van der Waals surface area (Å²) in [5, 5.41) is 0.548. The number of aryl methyl sites for hydroxylation is 2. The first kappa shape index (κ1) is 17.2. The molecular formula is C17H26N4O2. The van der Waals surface area contributed by atoms with E-state index in [1.165, 1.54) is 16.2 Å². The van der Waals surface area contributed by atoms with Crippen LogP contribution in [0.1, 0.15) is 39.2 Å². The Labute approximate surface area is 136 Å². The molecule has 0 fully saturated rings. The predicted octanol–water partition coefficient (Wildman–Crippen LogP) is 1.82. The van der Waals surface area contributed by atoms with E-state index in [4.69, 9.17) is 0 Å². The van der Waals surface area contributed by atoms with Gasteiger partial charge in [-0.3, -0.25) is 13.9 Å². The van der Waals surface area contributed by atoms with Gasteiger partial charge in [-0.1, -0.05) is 20.3 Å². The molecule has 2 rings (SSSR count). The van der Waals surface area contributed by atoms with Crippen LogP contribution in [-0.2, 0) is 20.5 Å². The van der Waals surface area contributed by atoms with E-state index in [0.717, 1.165) is 43.6 Å². The fourth-order valence-electron chi connectivity index (χ4n) is 2.95. The summed E-state index contributed by atoms with van der Waals surface area (Å²) in [6.07, 6.45) is 4.75. The van der Waals surface area contributed by atoms with Crippen molar-refractivity contribution in [3.63, 3.8) is 0 Å². The zero-order valence-corrected chi connectivity index (χ0v) is 14.7. The van der Waals surface area contributed by atoms with Gasteiger partial charge in [0.2, 0.25) is 0 Å². The molecule has 2 aromatic rings. The maximum Gasteiger partial charge on any atom is 0.332 e. The van der Waals surface area contributed by atoms with Gasteiger partial charge in [0.05, 0.1) is 5.69 Å². The van der Waals surface area contributed by atoms with E-state index in [1.807, 2.05) is 0 Å². The largest absolute Gasteiger partial charge is 0.371 e. The van der Waals surface area contributed by atoms with Crippen LogP contribution >= 0.6 is 0 Å². The lowest BCUT2D eigenvalue weighted by Gasteiger charge is -2.27. The van der Waals surface area contributed by atoms with Crippen LogP contribution in [0.5, 0.6) is 0 Å². The topological polar surface area (TPSA) is 60.1 Å². The van der Waals surface area contributed by atoms with Gasteiger partial charge < -0.3 is 4.90 Å². The summed E-state index contributed by atoms with van der Waals surface area (Å²) in [5.74, 6) is 0. The highest BCUT2D eigenvalue weighted by molar-refractivity contribution is 5.90. The Kier molecular flexibility index (Phi) is 5.23. The summed E-state index contributed by atoms with van der Waals surface area (Å²) >= 11 is 0. The minimum atomic E-state index is -0.346. The fourth-order valence-corrected chi connectivity index (χ4v) is 2.95. The molecule has 6 nitrogen and oxygen atoms in total. The molecule has 2 heterocycles. The van der Waals surface area contributed by atoms with Crippen LogP contribution in [0.15, 0.2) is 15.8 Å². The number of pyridine rings is 1. The molecule has 0 N–H and O–H groups in total. The minimum absolute atomic E-state index is 0.268. The van der Waals surface area contributed by atoms with E-state index in [0.29, 0.717) is 11.0 Å².